The number of allylic oxidation sites excluding steroid dienone is 1. The summed E-state index contributed by atoms with van der Waals surface area (Å²) in [5.41, 5.74) is -0.912. The number of carboxylic acids is 1. The van der Waals surface area contributed by atoms with Gasteiger partial charge in [0.2, 0.25) is 5.91 Å². The normalized spacial score (nSPS) is 12.4. The molecule has 0 fully saturated rings. The summed E-state index contributed by atoms with van der Waals surface area (Å²) in [4.78, 5) is 48.8. The van der Waals surface area contributed by atoms with Gasteiger partial charge in [0.25, 0.3) is 0 Å². The number of carbonyl (C=O) groups excluding carboxylic acids is 3. The number of aliphatic carboxylic acids is 1. The van der Waals surface area contributed by atoms with Crippen LogP contribution in [0.4, 0.5) is 9.59 Å². The first kappa shape index (κ1) is 22.4. The monoisotopic (exact) mass is 358 g/mol. The molecule has 0 aliphatic carbocycles. The Morgan fingerprint density at radius 2 is 1.68 bits per heavy atom. The predicted molar refractivity (Wildman–Crippen MR) is 89.0 cm³/mol. The molecular formula is C16H26N2O7. The molecule has 0 aromatic heterocycles. The lowest BCUT2D eigenvalue weighted by molar-refractivity contribution is -0.142. The van der Waals surface area contributed by atoms with Crippen LogP contribution in [-0.4, -0.2) is 71.8 Å². The summed E-state index contributed by atoms with van der Waals surface area (Å²) < 4.78 is 9.57. The SMILES string of the molecule is COC(=O)N(C(=O)OC(C)(C)C)C(CC/C=C/C(=O)N(C)C)C(=O)O. The molecule has 0 bridgehead atoms. The largest absolute Gasteiger partial charge is 0.480 e. The topological polar surface area (TPSA) is 113 Å². The maximum absolute atomic E-state index is 12.2. The van der Waals surface area contributed by atoms with Gasteiger partial charge in [-0.05, 0) is 39.7 Å². The zero-order chi connectivity index (χ0) is 19.8. The van der Waals surface area contributed by atoms with E-state index in [1.807, 2.05) is 0 Å². The summed E-state index contributed by atoms with van der Waals surface area (Å²) in [5.74, 6) is -1.65. The van der Waals surface area contributed by atoms with Crippen molar-refractivity contribution in [1.82, 2.24) is 9.80 Å². The number of rotatable bonds is 6. The van der Waals surface area contributed by atoms with E-state index in [0.29, 0.717) is 4.90 Å². The number of carboxylic acid groups (broad SMARTS) is 1. The lowest BCUT2D eigenvalue weighted by Crippen LogP contribution is -2.50. The van der Waals surface area contributed by atoms with Crippen LogP contribution >= 0.6 is 0 Å². The quantitative estimate of drug-likeness (QED) is 0.721. The first-order valence-electron chi connectivity index (χ1n) is 7.61. The standard InChI is InChI=1S/C16H26N2O7/c1-16(2,3)25-15(23)18(14(22)24-6)11(13(20)21)9-7-8-10-12(19)17(4)5/h8,10-11H,7,9H2,1-6H3,(H,20,21)/b10-8+. The Hall–Kier alpha value is -2.58. The summed E-state index contributed by atoms with van der Waals surface area (Å²) in [7, 11) is 4.19. The Morgan fingerprint density at radius 3 is 2.08 bits per heavy atom. The van der Waals surface area contributed by atoms with Gasteiger partial charge in [-0.2, -0.15) is 4.90 Å². The molecule has 0 heterocycles. The highest BCUT2D eigenvalue weighted by Crippen LogP contribution is 2.16. The van der Waals surface area contributed by atoms with Crippen molar-refractivity contribution in [2.24, 2.45) is 0 Å². The average molecular weight is 358 g/mol. The van der Waals surface area contributed by atoms with Crippen LogP contribution in [0.1, 0.15) is 33.6 Å². The number of likely N-dealkylation sites (N-methyl/N-ethyl adjacent to an activating group) is 1. The van der Waals surface area contributed by atoms with E-state index in [4.69, 9.17) is 4.74 Å². The summed E-state index contributed by atoms with van der Waals surface area (Å²) in [6.45, 7) is 4.77. The fraction of sp³-hybridized carbons (Fsp3) is 0.625. The van der Waals surface area contributed by atoms with E-state index >= 15 is 0 Å². The Labute approximate surface area is 147 Å². The lowest BCUT2D eigenvalue weighted by Gasteiger charge is -2.28. The molecule has 1 unspecified atom stereocenters. The summed E-state index contributed by atoms with van der Waals surface area (Å²) in [5, 5.41) is 9.38. The second-order valence-corrected chi connectivity index (χ2v) is 6.39. The van der Waals surface area contributed by atoms with Gasteiger partial charge in [0.1, 0.15) is 11.6 Å². The predicted octanol–water partition coefficient (Wildman–Crippen LogP) is 1.87. The van der Waals surface area contributed by atoms with Crippen molar-refractivity contribution in [1.29, 1.82) is 0 Å². The lowest BCUT2D eigenvalue weighted by atomic mass is 10.1. The zero-order valence-corrected chi connectivity index (χ0v) is 15.4. The highest BCUT2D eigenvalue weighted by atomic mass is 16.6. The number of hydrogen-bond acceptors (Lipinski definition) is 6. The van der Waals surface area contributed by atoms with Gasteiger partial charge in [0.15, 0.2) is 0 Å². The molecule has 0 radical (unpaired) electrons. The molecule has 0 aromatic carbocycles. The maximum atomic E-state index is 12.2. The van der Waals surface area contributed by atoms with Crippen LogP contribution in [0, 0.1) is 0 Å². The van der Waals surface area contributed by atoms with Crippen LogP contribution in [0.15, 0.2) is 12.2 Å². The van der Waals surface area contributed by atoms with Gasteiger partial charge in [-0.15, -0.1) is 0 Å². The highest BCUT2D eigenvalue weighted by Gasteiger charge is 2.38. The molecule has 0 aliphatic rings. The number of ether oxygens (including phenoxy) is 2. The number of carbonyl (C=O) groups is 4. The molecule has 1 N–H and O–H groups in total. The van der Waals surface area contributed by atoms with Crippen molar-refractivity contribution >= 4 is 24.1 Å². The van der Waals surface area contributed by atoms with Crippen molar-refractivity contribution in [3.63, 3.8) is 0 Å². The molecule has 9 heteroatoms. The van der Waals surface area contributed by atoms with E-state index in [-0.39, 0.29) is 18.7 Å². The summed E-state index contributed by atoms with van der Waals surface area (Å²) in [6, 6.07) is -1.48. The number of amides is 3. The van der Waals surface area contributed by atoms with Crippen molar-refractivity contribution in [3.05, 3.63) is 12.2 Å². The Kier molecular flexibility index (Phi) is 8.66. The molecular weight excluding hydrogens is 332 g/mol. The molecule has 25 heavy (non-hydrogen) atoms. The molecule has 142 valence electrons. The summed E-state index contributed by atoms with van der Waals surface area (Å²) >= 11 is 0. The van der Waals surface area contributed by atoms with E-state index in [2.05, 4.69) is 4.74 Å². The average Bonchev–Trinajstić information content (AvgIpc) is 2.46. The smallest absolute Gasteiger partial charge is 0.420 e. The Balaban J connectivity index is 5.24. The van der Waals surface area contributed by atoms with Crippen molar-refractivity contribution < 1.29 is 33.8 Å². The van der Waals surface area contributed by atoms with Crippen molar-refractivity contribution in [2.75, 3.05) is 21.2 Å². The van der Waals surface area contributed by atoms with Gasteiger partial charge in [-0.3, -0.25) is 4.79 Å². The van der Waals surface area contributed by atoms with Gasteiger partial charge < -0.3 is 19.5 Å². The molecule has 0 rings (SSSR count). The first-order chi connectivity index (χ1) is 11.4. The van der Waals surface area contributed by atoms with Crippen LogP contribution in [0.25, 0.3) is 0 Å². The fourth-order valence-corrected chi connectivity index (χ4v) is 1.69. The maximum Gasteiger partial charge on any atom is 0.420 e. The number of nitrogens with zero attached hydrogens (tertiary/aromatic N) is 2. The molecule has 0 spiro atoms. The van der Waals surface area contributed by atoms with Gasteiger partial charge in [-0.1, -0.05) is 6.08 Å². The molecule has 0 saturated carbocycles. The Bertz CT molecular complexity index is 535. The first-order valence-corrected chi connectivity index (χ1v) is 7.61. The minimum Gasteiger partial charge on any atom is -0.480 e. The molecule has 0 saturated heterocycles. The molecule has 0 aromatic rings. The van der Waals surface area contributed by atoms with Gasteiger partial charge in [0.05, 0.1) is 7.11 Å². The zero-order valence-electron chi connectivity index (χ0n) is 15.4. The molecule has 3 amide bonds. The van der Waals surface area contributed by atoms with Gasteiger partial charge in [-0.25, -0.2) is 14.4 Å². The van der Waals surface area contributed by atoms with E-state index in [9.17, 15) is 24.3 Å². The second kappa shape index (κ2) is 9.65. The second-order valence-electron chi connectivity index (χ2n) is 6.39. The molecule has 0 aliphatic heterocycles. The minimum atomic E-state index is -1.48. The van der Waals surface area contributed by atoms with Crippen LogP contribution in [-0.2, 0) is 19.1 Å². The highest BCUT2D eigenvalue weighted by molar-refractivity contribution is 5.93. The van der Waals surface area contributed by atoms with Gasteiger partial charge in [0, 0.05) is 14.1 Å². The van der Waals surface area contributed by atoms with E-state index < -0.39 is 29.8 Å². The fourth-order valence-electron chi connectivity index (χ4n) is 1.69. The van der Waals surface area contributed by atoms with E-state index in [1.165, 1.54) is 17.1 Å². The van der Waals surface area contributed by atoms with Crippen molar-refractivity contribution in [3.8, 4) is 0 Å². The van der Waals surface area contributed by atoms with Gasteiger partial charge >= 0.3 is 18.2 Å². The summed E-state index contributed by atoms with van der Waals surface area (Å²) in [6.07, 6.45) is 0.584. The van der Waals surface area contributed by atoms with Crippen LogP contribution in [0.5, 0.6) is 0 Å². The minimum absolute atomic E-state index is 0.0963. The van der Waals surface area contributed by atoms with E-state index in [0.717, 1.165) is 7.11 Å². The number of hydrogen-bond donors (Lipinski definition) is 1. The third-order valence-electron chi connectivity index (χ3n) is 2.87. The third-order valence-corrected chi connectivity index (χ3v) is 2.87. The van der Waals surface area contributed by atoms with E-state index in [1.54, 1.807) is 34.9 Å². The molecule has 9 nitrogen and oxygen atoms in total. The Morgan fingerprint density at radius 1 is 1.12 bits per heavy atom. The van der Waals surface area contributed by atoms with Crippen molar-refractivity contribution in [2.45, 2.75) is 45.3 Å². The number of methoxy groups -OCH3 is 1. The number of imide groups is 1. The van der Waals surface area contributed by atoms with Crippen LogP contribution < -0.4 is 0 Å². The van der Waals surface area contributed by atoms with Crippen LogP contribution in [0.3, 0.4) is 0 Å². The molecule has 1 atom stereocenters. The van der Waals surface area contributed by atoms with Crippen LogP contribution in [0.2, 0.25) is 0 Å². The third kappa shape index (κ3) is 8.18.